The quantitative estimate of drug-likeness (QED) is 0.701. The molecule has 1 aromatic rings. The van der Waals surface area contributed by atoms with Crippen molar-refractivity contribution in [2.24, 2.45) is 17.4 Å². The van der Waals surface area contributed by atoms with Gasteiger partial charge in [-0.05, 0) is 24.8 Å². The zero-order valence-corrected chi connectivity index (χ0v) is 12.9. The minimum Gasteiger partial charge on any atom is -0.345 e. The van der Waals surface area contributed by atoms with Gasteiger partial charge in [0.2, 0.25) is 5.91 Å². The van der Waals surface area contributed by atoms with Gasteiger partial charge in [0.1, 0.15) is 6.04 Å². The van der Waals surface area contributed by atoms with Gasteiger partial charge >= 0.3 is 0 Å². The van der Waals surface area contributed by atoms with Crippen molar-refractivity contribution in [3.8, 4) is 0 Å². The predicted molar refractivity (Wildman–Crippen MR) is 83.4 cm³/mol. The Balaban J connectivity index is 2.71. The Morgan fingerprint density at radius 2 is 1.71 bits per heavy atom. The summed E-state index contributed by atoms with van der Waals surface area (Å²) in [6.45, 7) is 5.46. The molecule has 0 saturated heterocycles. The van der Waals surface area contributed by atoms with Gasteiger partial charge < -0.3 is 16.8 Å². The number of hydrogen-bond donors (Lipinski definition) is 3. The van der Waals surface area contributed by atoms with E-state index in [1.807, 2.05) is 44.2 Å². The summed E-state index contributed by atoms with van der Waals surface area (Å²) in [7, 11) is 0. The first-order valence-electron chi connectivity index (χ1n) is 7.19. The van der Waals surface area contributed by atoms with Crippen molar-refractivity contribution in [1.29, 1.82) is 0 Å². The Hall–Kier alpha value is -1.72. The maximum atomic E-state index is 12.2. The first-order valence-corrected chi connectivity index (χ1v) is 7.19. The number of nitrogens with two attached hydrogens (primary N) is 2. The number of Topliss-reactive ketones (excluding diaryl/α,β-unsaturated/α-hetero) is 1. The number of carbonyl (C=O) groups is 2. The molecule has 116 valence electrons. The average Bonchev–Trinajstić information content (AvgIpc) is 2.45. The molecule has 5 nitrogen and oxygen atoms in total. The summed E-state index contributed by atoms with van der Waals surface area (Å²) in [5.41, 5.74) is 12.7. The van der Waals surface area contributed by atoms with E-state index in [4.69, 9.17) is 11.5 Å². The summed E-state index contributed by atoms with van der Waals surface area (Å²) in [5, 5.41) is 2.70. The van der Waals surface area contributed by atoms with Gasteiger partial charge in [-0.3, -0.25) is 9.59 Å². The lowest BCUT2D eigenvalue weighted by Crippen LogP contribution is -2.52. The third-order valence-electron chi connectivity index (χ3n) is 3.39. The van der Waals surface area contributed by atoms with Gasteiger partial charge in [-0.25, -0.2) is 0 Å². The molecule has 3 atom stereocenters. The predicted octanol–water partition coefficient (Wildman–Crippen LogP) is 1.13. The van der Waals surface area contributed by atoms with Crippen molar-refractivity contribution in [3.05, 3.63) is 35.9 Å². The van der Waals surface area contributed by atoms with Gasteiger partial charge in [0.05, 0.1) is 12.1 Å². The van der Waals surface area contributed by atoms with Crippen LogP contribution in [0.15, 0.2) is 30.3 Å². The van der Waals surface area contributed by atoms with Gasteiger partial charge in [-0.2, -0.15) is 0 Å². The minimum atomic E-state index is -0.888. The molecule has 0 spiro atoms. The zero-order chi connectivity index (χ0) is 16.0. The van der Waals surface area contributed by atoms with Crippen molar-refractivity contribution in [2.75, 3.05) is 0 Å². The van der Waals surface area contributed by atoms with Crippen molar-refractivity contribution < 1.29 is 9.59 Å². The first-order chi connectivity index (χ1) is 9.82. The lowest BCUT2D eigenvalue weighted by molar-refractivity contribution is -0.128. The molecule has 3 unspecified atom stereocenters. The highest BCUT2D eigenvalue weighted by atomic mass is 16.2. The van der Waals surface area contributed by atoms with E-state index in [1.165, 1.54) is 6.92 Å². The number of amides is 1. The van der Waals surface area contributed by atoms with Crippen molar-refractivity contribution in [2.45, 2.75) is 45.3 Å². The Bertz CT molecular complexity index is 474. The van der Waals surface area contributed by atoms with Crippen LogP contribution in [0.3, 0.4) is 0 Å². The van der Waals surface area contributed by atoms with E-state index in [1.54, 1.807) is 0 Å². The van der Waals surface area contributed by atoms with E-state index >= 15 is 0 Å². The fourth-order valence-electron chi connectivity index (χ4n) is 2.11. The molecule has 5 N–H and O–H groups in total. The molecule has 0 fully saturated rings. The molecule has 1 amide bonds. The summed E-state index contributed by atoms with van der Waals surface area (Å²) < 4.78 is 0. The number of carbonyl (C=O) groups excluding carboxylic acids is 2. The molecule has 5 heteroatoms. The lowest BCUT2D eigenvalue weighted by Gasteiger charge is -2.23. The maximum Gasteiger partial charge on any atom is 0.239 e. The molecular weight excluding hydrogens is 266 g/mol. The van der Waals surface area contributed by atoms with Crippen LogP contribution in [0.25, 0.3) is 0 Å². The molecule has 0 heterocycles. The number of rotatable bonds is 7. The van der Waals surface area contributed by atoms with E-state index in [0.717, 1.165) is 5.56 Å². The standard InChI is InChI=1S/C16H25N3O2/c1-10(2)9-13(11(3)20)19-16(21)15(18)14(17)12-7-5-4-6-8-12/h4-8,10,13-15H,9,17-18H2,1-3H3,(H,19,21). The molecule has 1 aromatic carbocycles. The molecule has 0 aliphatic rings. The highest BCUT2D eigenvalue weighted by Gasteiger charge is 2.26. The maximum absolute atomic E-state index is 12.2. The van der Waals surface area contributed by atoms with Crippen LogP contribution in [0.5, 0.6) is 0 Å². The monoisotopic (exact) mass is 291 g/mol. The average molecular weight is 291 g/mol. The Kier molecular flexibility index (Phi) is 6.52. The summed E-state index contributed by atoms with van der Waals surface area (Å²) in [6, 6.07) is 7.22. The largest absolute Gasteiger partial charge is 0.345 e. The van der Waals surface area contributed by atoms with Crippen LogP contribution in [0.1, 0.15) is 38.8 Å². The second-order valence-electron chi connectivity index (χ2n) is 5.76. The molecule has 0 aromatic heterocycles. The highest BCUT2D eigenvalue weighted by Crippen LogP contribution is 2.13. The Labute approximate surface area is 126 Å². The van der Waals surface area contributed by atoms with Gasteiger partial charge in [-0.1, -0.05) is 44.2 Å². The van der Waals surface area contributed by atoms with E-state index in [9.17, 15) is 9.59 Å². The van der Waals surface area contributed by atoms with Gasteiger partial charge in [0.15, 0.2) is 5.78 Å². The molecule has 0 saturated carbocycles. The van der Waals surface area contributed by atoms with Crippen LogP contribution in [-0.2, 0) is 9.59 Å². The number of ketones is 1. The van der Waals surface area contributed by atoms with Crippen LogP contribution in [0.4, 0.5) is 0 Å². The second-order valence-corrected chi connectivity index (χ2v) is 5.76. The van der Waals surface area contributed by atoms with Crippen LogP contribution in [-0.4, -0.2) is 23.8 Å². The molecule has 21 heavy (non-hydrogen) atoms. The van der Waals surface area contributed by atoms with E-state index in [2.05, 4.69) is 5.32 Å². The SMILES string of the molecule is CC(=O)C(CC(C)C)NC(=O)C(N)C(N)c1ccccc1. The minimum absolute atomic E-state index is 0.0717. The highest BCUT2D eigenvalue weighted by molar-refractivity contribution is 5.90. The fourth-order valence-corrected chi connectivity index (χ4v) is 2.11. The molecule has 0 aliphatic carbocycles. The Morgan fingerprint density at radius 3 is 2.19 bits per heavy atom. The normalized spacial score (nSPS) is 15.3. The van der Waals surface area contributed by atoms with Crippen molar-refractivity contribution in [1.82, 2.24) is 5.32 Å². The number of hydrogen-bond acceptors (Lipinski definition) is 4. The number of benzene rings is 1. The summed E-state index contributed by atoms with van der Waals surface area (Å²) in [5.74, 6) is -0.164. The zero-order valence-electron chi connectivity index (χ0n) is 12.9. The smallest absolute Gasteiger partial charge is 0.239 e. The van der Waals surface area contributed by atoms with Crippen LogP contribution in [0, 0.1) is 5.92 Å². The molecular formula is C16H25N3O2. The van der Waals surface area contributed by atoms with Gasteiger partial charge in [0.25, 0.3) is 0 Å². The van der Waals surface area contributed by atoms with Crippen LogP contribution < -0.4 is 16.8 Å². The van der Waals surface area contributed by atoms with Crippen LogP contribution in [0.2, 0.25) is 0 Å². The lowest BCUT2D eigenvalue weighted by atomic mass is 9.98. The van der Waals surface area contributed by atoms with Gasteiger partial charge in [-0.15, -0.1) is 0 Å². The van der Waals surface area contributed by atoms with E-state index in [-0.39, 0.29) is 5.78 Å². The third-order valence-corrected chi connectivity index (χ3v) is 3.39. The van der Waals surface area contributed by atoms with E-state index < -0.39 is 24.0 Å². The molecule has 0 bridgehead atoms. The third kappa shape index (κ3) is 5.28. The second kappa shape index (κ2) is 7.90. The fraction of sp³-hybridized carbons (Fsp3) is 0.500. The first kappa shape index (κ1) is 17.3. The molecule has 1 rings (SSSR count). The summed E-state index contributed by atoms with van der Waals surface area (Å²) in [4.78, 5) is 23.8. The van der Waals surface area contributed by atoms with Gasteiger partial charge in [0, 0.05) is 0 Å². The van der Waals surface area contributed by atoms with E-state index in [0.29, 0.717) is 12.3 Å². The topological polar surface area (TPSA) is 98.2 Å². The number of nitrogens with one attached hydrogen (secondary N) is 1. The van der Waals surface area contributed by atoms with Crippen LogP contribution >= 0.6 is 0 Å². The van der Waals surface area contributed by atoms with Crippen molar-refractivity contribution >= 4 is 11.7 Å². The molecule has 0 aliphatic heterocycles. The summed E-state index contributed by atoms with van der Waals surface area (Å²) >= 11 is 0. The summed E-state index contributed by atoms with van der Waals surface area (Å²) in [6.07, 6.45) is 0.592. The van der Waals surface area contributed by atoms with Crippen molar-refractivity contribution in [3.63, 3.8) is 0 Å². The molecule has 0 radical (unpaired) electrons. The Morgan fingerprint density at radius 1 is 1.14 bits per heavy atom.